The first-order valence-corrected chi connectivity index (χ1v) is 5.07. The van der Waals surface area contributed by atoms with E-state index in [0.717, 1.165) is 0 Å². The van der Waals surface area contributed by atoms with E-state index in [4.69, 9.17) is 0 Å². The van der Waals surface area contributed by atoms with Gasteiger partial charge in [-0.15, -0.1) is 0 Å². The topological polar surface area (TPSA) is 15.8 Å². The average Bonchev–Trinajstić information content (AvgIpc) is 2.74. The second-order valence-corrected chi connectivity index (χ2v) is 3.61. The standard InChI is InChI=1S/C14H11N/c1-2-6-11(7-3-1)13-10-15-14-9-5-4-8-12(13)14/h1-10,15H/i13+1. The van der Waals surface area contributed by atoms with Crippen molar-refractivity contribution in [3.8, 4) is 11.1 Å². The molecule has 0 aliphatic carbocycles. The number of para-hydroxylation sites is 1. The Balaban J connectivity index is 2.28. The number of benzene rings is 2. The molecule has 1 nitrogen and oxygen atoms in total. The zero-order valence-electron chi connectivity index (χ0n) is 8.27. The Morgan fingerprint density at radius 3 is 2.33 bits per heavy atom. The number of hydrogen-bond donors (Lipinski definition) is 1. The van der Waals surface area contributed by atoms with E-state index in [9.17, 15) is 0 Å². The molecule has 0 atom stereocenters. The van der Waals surface area contributed by atoms with Gasteiger partial charge in [0.1, 0.15) is 0 Å². The predicted octanol–water partition coefficient (Wildman–Crippen LogP) is 3.83. The number of aromatic nitrogens is 1. The normalized spacial score (nSPS) is 10.7. The van der Waals surface area contributed by atoms with Crippen LogP contribution in [0.4, 0.5) is 0 Å². The minimum Gasteiger partial charge on any atom is -0.361 e. The van der Waals surface area contributed by atoms with Crippen molar-refractivity contribution in [2.24, 2.45) is 0 Å². The molecule has 3 aromatic rings. The van der Waals surface area contributed by atoms with Gasteiger partial charge in [-0.2, -0.15) is 0 Å². The van der Waals surface area contributed by atoms with Gasteiger partial charge in [0.05, 0.1) is 0 Å². The zero-order chi connectivity index (χ0) is 10.1. The highest BCUT2D eigenvalue weighted by Crippen LogP contribution is 2.27. The van der Waals surface area contributed by atoms with E-state index in [1.54, 1.807) is 0 Å². The molecular weight excluding hydrogens is 183 g/mol. The quantitative estimate of drug-likeness (QED) is 0.606. The summed E-state index contributed by atoms with van der Waals surface area (Å²) < 4.78 is 0. The van der Waals surface area contributed by atoms with E-state index in [0.29, 0.717) is 0 Å². The maximum Gasteiger partial charge on any atom is 0.0460 e. The lowest BCUT2D eigenvalue weighted by Gasteiger charge is -1.97. The van der Waals surface area contributed by atoms with Crippen LogP contribution in [-0.4, -0.2) is 4.98 Å². The molecule has 0 saturated carbocycles. The molecular formula is C14H11N. The van der Waals surface area contributed by atoms with Crippen LogP contribution >= 0.6 is 0 Å². The highest BCUT2D eigenvalue weighted by molar-refractivity contribution is 5.95. The van der Waals surface area contributed by atoms with Crippen molar-refractivity contribution in [1.29, 1.82) is 0 Å². The van der Waals surface area contributed by atoms with E-state index < -0.39 is 0 Å². The van der Waals surface area contributed by atoms with E-state index in [2.05, 4.69) is 53.6 Å². The lowest BCUT2D eigenvalue weighted by Crippen LogP contribution is -1.73. The Bertz CT molecular complexity index is 578. The van der Waals surface area contributed by atoms with Gasteiger partial charge >= 0.3 is 0 Å². The lowest BCUT2D eigenvalue weighted by molar-refractivity contribution is 1.47. The molecule has 3 rings (SSSR count). The summed E-state index contributed by atoms with van der Waals surface area (Å²) >= 11 is 0. The molecule has 1 aromatic heterocycles. The number of nitrogens with one attached hydrogen (secondary N) is 1. The predicted molar refractivity (Wildman–Crippen MR) is 63.7 cm³/mol. The molecule has 0 unspecified atom stereocenters. The molecule has 1 N–H and O–H groups in total. The minimum absolute atomic E-state index is 1.19. The fraction of sp³-hybridized carbons (Fsp3) is 0. The Morgan fingerprint density at radius 2 is 1.47 bits per heavy atom. The van der Waals surface area contributed by atoms with E-state index in [1.807, 2.05) is 12.1 Å². The first-order chi connectivity index (χ1) is 7.45. The van der Waals surface area contributed by atoms with Gasteiger partial charge in [-0.25, -0.2) is 0 Å². The van der Waals surface area contributed by atoms with Gasteiger partial charge in [-0.05, 0) is 11.6 Å². The minimum atomic E-state index is 1.19. The molecule has 72 valence electrons. The number of rotatable bonds is 1. The summed E-state index contributed by atoms with van der Waals surface area (Å²) in [6, 6.07) is 18.8. The second-order valence-electron chi connectivity index (χ2n) is 3.61. The molecule has 0 bridgehead atoms. The second kappa shape index (κ2) is 3.28. The summed E-state index contributed by atoms with van der Waals surface area (Å²) in [5.41, 5.74) is 3.72. The fourth-order valence-electron chi connectivity index (χ4n) is 1.93. The highest BCUT2D eigenvalue weighted by Gasteiger charge is 2.03. The Hall–Kier alpha value is -2.02. The van der Waals surface area contributed by atoms with Crippen LogP contribution in [0.1, 0.15) is 0 Å². The Kier molecular flexibility index (Phi) is 1.82. The third-order valence-electron chi connectivity index (χ3n) is 2.67. The van der Waals surface area contributed by atoms with Crippen molar-refractivity contribution < 1.29 is 0 Å². The molecule has 15 heavy (non-hydrogen) atoms. The maximum absolute atomic E-state index is 3.29. The molecule has 0 spiro atoms. The number of fused-ring (bicyclic) bond motifs is 1. The first kappa shape index (κ1) is 8.30. The molecule has 0 aliphatic rings. The Morgan fingerprint density at radius 1 is 0.733 bits per heavy atom. The largest absolute Gasteiger partial charge is 0.361 e. The van der Waals surface area contributed by atoms with Gasteiger partial charge in [-0.3, -0.25) is 0 Å². The molecule has 0 radical (unpaired) electrons. The summed E-state index contributed by atoms with van der Waals surface area (Å²) in [5.74, 6) is 0. The average molecular weight is 194 g/mol. The first-order valence-electron chi connectivity index (χ1n) is 5.07. The molecule has 2 aromatic carbocycles. The van der Waals surface area contributed by atoms with Crippen LogP contribution in [0.2, 0.25) is 0 Å². The summed E-state index contributed by atoms with van der Waals surface area (Å²) in [7, 11) is 0. The van der Waals surface area contributed by atoms with Crippen LogP contribution < -0.4 is 0 Å². The molecule has 0 saturated heterocycles. The van der Waals surface area contributed by atoms with Gasteiger partial charge in [0.15, 0.2) is 0 Å². The number of aromatic amines is 1. The van der Waals surface area contributed by atoms with Crippen LogP contribution in [0.15, 0.2) is 60.8 Å². The summed E-state index contributed by atoms with van der Waals surface area (Å²) in [5, 5.41) is 1.28. The summed E-state index contributed by atoms with van der Waals surface area (Å²) in [6.07, 6.45) is 2.07. The van der Waals surface area contributed by atoms with E-state index in [-0.39, 0.29) is 0 Å². The van der Waals surface area contributed by atoms with Crippen LogP contribution in [0.3, 0.4) is 0 Å². The van der Waals surface area contributed by atoms with Crippen molar-refractivity contribution in [3.63, 3.8) is 0 Å². The lowest BCUT2D eigenvalue weighted by atomic mass is 10.2. The van der Waals surface area contributed by atoms with Crippen molar-refractivity contribution >= 4 is 10.9 Å². The number of H-pyrrole nitrogens is 1. The monoisotopic (exact) mass is 194 g/mol. The summed E-state index contributed by atoms with van der Waals surface area (Å²) in [4.78, 5) is 3.29. The SMILES string of the molecule is c1ccc(-[13c]2c[nH]c3ccccc32)cc1. The van der Waals surface area contributed by atoms with Crippen LogP contribution in [0, 0.1) is 0 Å². The molecule has 1 heteroatoms. The van der Waals surface area contributed by atoms with Crippen molar-refractivity contribution in [3.05, 3.63) is 60.8 Å². The smallest absolute Gasteiger partial charge is 0.0460 e. The van der Waals surface area contributed by atoms with E-state index >= 15 is 0 Å². The molecule has 1 heterocycles. The molecule has 0 fully saturated rings. The van der Waals surface area contributed by atoms with Crippen molar-refractivity contribution in [2.75, 3.05) is 0 Å². The van der Waals surface area contributed by atoms with Gasteiger partial charge < -0.3 is 4.98 Å². The maximum atomic E-state index is 3.29. The van der Waals surface area contributed by atoms with Gasteiger partial charge in [0.2, 0.25) is 0 Å². The van der Waals surface area contributed by atoms with Crippen LogP contribution in [0.25, 0.3) is 22.0 Å². The third kappa shape index (κ3) is 1.33. The van der Waals surface area contributed by atoms with E-state index in [1.165, 1.54) is 22.0 Å². The number of hydrogen-bond acceptors (Lipinski definition) is 0. The van der Waals surface area contributed by atoms with Gasteiger partial charge in [0, 0.05) is 22.7 Å². The fourth-order valence-corrected chi connectivity index (χ4v) is 1.93. The molecule has 0 aliphatic heterocycles. The summed E-state index contributed by atoms with van der Waals surface area (Å²) in [6.45, 7) is 0. The third-order valence-corrected chi connectivity index (χ3v) is 2.67. The van der Waals surface area contributed by atoms with Crippen LogP contribution in [-0.2, 0) is 0 Å². The van der Waals surface area contributed by atoms with Crippen molar-refractivity contribution in [2.45, 2.75) is 0 Å². The molecule has 0 amide bonds. The Labute approximate surface area is 88.4 Å². The van der Waals surface area contributed by atoms with Gasteiger partial charge in [0.25, 0.3) is 0 Å². The zero-order valence-corrected chi connectivity index (χ0v) is 8.27. The van der Waals surface area contributed by atoms with Gasteiger partial charge in [-0.1, -0.05) is 48.5 Å². The van der Waals surface area contributed by atoms with Crippen molar-refractivity contribution in [1.82, 2.24) is 4.98 Å². The highest BCUT2D eigenvalue weighted by atomic mass is 14.7. The van der Waals surface area contributed by atoms with Crippen LogP contribution in [0.5, 0.6) is 0 Å².